The van der Waals surface area contributed by atoms with Gasteiger partial charge in [0.2, 0.25) is 5.78 Å². The first-order valence-corrected chi connectivity index (χ1v) is 6.33. The lowest BCUT2D eigenvalue weighted by molar-refractivity contribution is 0.666. The minimum absolute atomic E-state index is 0.259. The highest BCUT2D eigenvalue weighted by Crippen LogP contribution is 2.11. The molecule has 7 nitrogen and oxygen atoms in total. The number of fused-ring (bicyclic) bond motifs is 3. The summed E-state index contributed by atoms with van der Waals surface area (Å²) in [5, 5.41) is 0. The molecule has 0 saturated carbocycles. The van der Waals surface area contributed by atoms with E-state index in [4.69, 9.17) is 0 Å². The van der Waals surface area contributed by atoms with Crippen LogP contribution in [0.1, 0.15) is 12.6 Å². The molecule has 0 aliphatic heterocycles. The van der Waals surface area contributed by atoms with Gasteiger partial charge in [-0.3, -0.25) is 18.3 Å². The Bertz CT molecular complexity index is 951. The van der Waals surface area contributed by atoms with Crippen molar-refractivity contribution in [2.24, 2.45) is 7.05 Å². The van der Waals surface area contributed by atoms with Crippen molar-refractivity contribution in [3.8, 4) is 0 Å². The minimum Gasteiger partial charge on any atom is -0.328 e. The van der Waals surface area contributed by atoms with E-state index in [1.54, 1.807) is 23.7 Å². The Morgan fingerprint density at radius 3 is 2.85 bits per heavy atom. The second-order valence-electron chi connectivity index (χ2n) is 4.74. The fourth-order valence-corrected chi connectivity index (χ4v) is 2.33. The van der Waals surface area contributed by atoms with E-state index in [0.29, 0.717) is 16.9 Å². The number of aromatic amines is 1. The Kier molecular flexibility index (Phi) is 2.63. The molecule has 0 bridgehead atoms. The molecule has 7 heteroatoms. The summed E-state index contributed by atoms with van der Waals surface area (Å²) in [5.41, 5.74) is 1.02. The van der Waals surface area contributed by atoms with E-state index in [1.807, 2.05) is 19.9 Å². The van der Waals surface area contributed by atoms with Crippen LogP contribution in [-0.2, 0) is 13.6 Å². The number of aryl methyl sites for hydroxylation is 2. The number of nitrogens with zero attached hydrogens (tertiary/aromatic N) is 4. The average Bonchev–Trinajstić information content (AvgIpc) is 2.92. The molecule has 0 amide bonds. The smallest absolute Gasteiger partial charge is 0.328 e. The maximum atomic E-state index is 12.5. The molecule has 0 fully saturated rings. The van der Waals surface area contributed by atoms with E-state index in [-0.39, 0.29) is 17.8 Å². The van der Waals surface area contributed by atoms with Crippen molar-refractivity contribution in [1.82, 2.24) is 23.5 Å². The lowest BCUT2D eigenvalue weighted by Crippen LogP contribution is -2.39. The molecular formula is C13H15N5O2. The third kappa shape index (κ3) is 1.56. The molecule has 0 radical (unpaired) electrons. The molecule has 3 aromatic rings. The van der Waals surface area contributed by atoms with Crippen LogP contribution in [0.15, 0.2) is 27.9 Å². The molecule has 3 heterocycles. The van der Waals surface area contributed by atoms with Gasteiger partial charge in [-0.1, -0.05) is 12.2 Å². The molecule has 3 aromatic heterocycles. The van der Waals surface area contributed by atoms with Gasteiger partial charge in [0.15, 0.2) is 11.2 Å². The van der Waals surface area contributed by atoms with Gasteiger partial charge >= 0.3 is 5.69 Å². The van der Waals surface area contributed by atoms with Gasteiger partial charge in [0, 0.05) is 25.5 Å². The number of hydrogen-bond acceptors (Lipinski definition) is 3. The molecule has 0 aliphatic rings. The number of allylic oxidation sites excluding steroid dienone is 2. The molecule has 0 aromatic carbocycles. The Balaban J connectivity index is 2.50. The zero-order valence-electron chi connectivity index (χ0n) is 11.5. The standard InChI is InChI=1S/C13H15N5O2/c1-4-5-6-17-11(19)9-10(16(3)13(17)20)15-12-14-8(2)7-18(9)12/h4-5,7H,6H2,1-3H3,(H,14,15)/b5-4+. The summed E-state index contributed by atoms with van der Waals surface area (Å²) >= 11 is 0. The average molecular weight is 273 g/mol. The highest BCUT2D eigenvalue weighted by molar-refractivity contribution is 5.75. The number of hydrogen-bond donors (Lipinski definition) is 1. The maximum absolute atomic E-state index is 12.5. The summed E-state index contributed by atoms with van der Waals surface area (Å²) in [6.45, 7) is 4.00. The Morgan fingerprint density at radius 1 is 1.40 bits per heavy atom. The molecule has 104 valence electrons. The fraction of sp³-hybridized carbons (Fsp3) is 0.308. The Hall–Kier alpha value is -2.57. The monoisotopic (exact) mass is 273 g/mol. The zero-order valence-corrected chi connectivity index (χ0v) is 11.5. The molecule has 0 spiro atoms. The van der Waals surface area contributed by atoms with Crippen LogP contribution in [0, 0.1) is 6.92 Å². The summed E-state index contributed by atoms with van der Waals surface area (Å²) in [6, 6.07) is 0. The highest BCUT2D eigenvalue weighted by Gasteiger charge is 2.17. The van der Waals surface area contributed by atoms with Crippen LogP contribution in [0.4, 0.5) is 0 Å². The summed E-state index contributed by atoms with van der Waals surface area (Å²) in [6.07, 6.45) is 5.38. The number of aromatic nitrogens is 5. The van der Waals surface area contributed by atoms with E-state index in [9.17, 15) is 9.59 Å². The van der Waals surface area contributed by atoms with Gasteiger partial charge in [0.05, 0.1) is 0 Å². The molecule has 0 unspecified atom stereocenters. The number of rotatable bonds is 2. The molecule has 0 aliphatic carbocycles. The van der Waals surface area contributed by atoms with Crippen LogP contribution in [0.5, 0.6) is 0 Å². The predicted octanol–water partition coefficient (Wildman–Crippen LogP) is 0.561. The van der Waals surface area contributed by atoms with Gasteiger partial charge in [-0.05, 0) is 13.8 Å². The lowest BCUT2D eigenvalue weighted by atomic mass is 10.4. The zero-order chi connectivity index (χ0) is 14.4. The first-order valence-electron chi connectivity index (χ1n) is 6.33. The van der Waals surface area contributed by atoms with Crippen molar-refractivity contribution in [2.45, 2.75) is 20.4 Å². The van der Waals surface area contributed by atoms with Gasteiger partial charge in [-0.2, -0.15) is 4.98 Å². The summed E-state index contributed by atoms with van der Waals surface area (Å²) in [5.74, 6) is 0.563. The maximum Gasteiger partial charge on any atom is 0.332 e. The van der Waals surface area contributed by atoms with Gasteiger partial charge < -0.3 is 4.98 Å². The van der Waals surface area contributed by atoms with Gasteiger partial charge in [-0.25, -0.2) is 4.79 Å². The quantitative estimate of drug-likeness (QED) is 0.693. The predicted molar refractivity (Wildman–Crippen MR) is 76.1 cm³/mol. The number of imidazole rings is 2. The van der Waals surface area contributed by atoms with Crippen molar-refractivity contribution in [3.05, 3.63) is 44.9 Å². The number of nitrogens with one attached hydrogen (secondary N) is 1. The van der Waals surface area contributed by atoms with Crippen LogP contribution in [0.2, 0.25) is 0 Å². The van der Waals surface area contributed by atoms with E-state index >= 15 is 0 Å². The molecule has 20 heavy (non-hydrogen) atoms. The van der Waals surface area contributed by atoms with E-state index in [0.717, 1.165) is 5.69 Å². The fourth-order valence-electron chi connectivity index (χ4n) is 2.33. The third-order valence-electron chi connectivity index (χ3n) is 3.33. The van der Waals surface area contributed by atoms with Gasteiger partial charge in [0.1, 0.15) is 0 Å². The van der Waals surface area contributed by atoms with Gasteiger partial charge in [0.25, 0.3) is 5.56 Å². The van der Waals surface area contributed by atoms with Crippen LogP contribution in [-0.4, -0.2) is 23.5 Å². The topological polar surface area (TPSA) is 77.1 Å². The molecule has 1 N–H and O–H groups in total. The summed E-state index contributed by atoms with van der Waals surface area (Å²) in [4.78, 5) is 32.1. The van der Waals surface area contributed by atoms with E-state index in [1.165, 1.54) is 9.13 Å². The Labute approximate surface area is 113 Å². The first kappa shape index (κ1) is 12.5. The molecule has 0 saturated heterocycles. The van der Waals surface area contributed by atoms with Crippen LogP contribution in [0.3, 0.4) is 0 Å². The van der Waals surface area contributed by atoms with Crippen LogP contribution >= 0.6 is 0 Å². The second kappa shape index (κ2) is 4.22. The SMILES string of the molecule is C/C=C/Cn1c(=O)c2c(nc3[nH]c(C)cn32)n(C)c1=O. The molecular weight excluding hydrogens is 258 g/mol. The first-order chi connectivity index (χ1) is 9.54. The molecule has 0 atom stereocenters. The largest absolute Gasteiger partial charge is 0.332 e. The summed E-state index contributed by atoms with van der Waals surface area (Å²) < 4.78 is 4.30. The highest BCUT2D eigenvalue weighted by atomic mass is 16.2. The van der Waals surface area contributed by atoms with E-state index in [2.05, 4.69) is 9.97 Å². The third-order valence-corrected chi connectivity index (χ3v) is 3.33. The lowest BCUT2D eigenvalue weighted by Gasteiger charge is -2.05. The number of H-pyrrole nitrogens is 1. The van der Waals surface area contributed by atoms with Crippen molar-refractivity contribution < 1.29 is 0 Å². The normalized spacial score (nSPS) is 12.2. The summed E-state index contributed by atoms with van der Waals surface area (Å²) in [7, 11) is 1.62. The minimum atomic E-state index is -0.363. The van der Waals surface area contributed by atoms with Crippen molar-refractivity contribution >= 4 is 16.9 Å². The molecule has 3 rings (SSSR count). The van der Waals surface area contributed by atoms with E-state index < -0.39 is 0 Å². The van der Waals surface area contributed by atoms with Crippen molar-refractivity contribution in [3.63, 3.8) is 0 Å². The van der Waals surface area contributed by atoms with Crippen LogP contribution in [0.25, 0.3) is 16.9 Å². The second-order valence-corrected chi connectivity index (χ2v) is 4.74. The Morgan fingerprint density at radius 2 is 2.15 bits per heavy atom. The van der Waals surface area contributed by atoms with Gasteiger partial charge in [-0.15, -0.1) is 0 Å². The van der Waals surface area contributed by atoms with Crippen molar-refractivity contribution in [2.75, 3.05) is 0 Å². The van der Waals surface area contributed by atoms with Crippen LogP contribution < -0.4 is 11.2 Å². The van der Waals surface area contributed by atoms with Crippen molar-refractivity contribution in [1.29, 1.82) is 0 Å².